The van der Waals surface area contributed by atoms with E-state index >= 15 is 0 Å². The van der Waals surface area contributed by atoms with Gasteiger partial charge in [-0.3, -0.25) is 9.78 Å². The lowest BCUT2D eigenvalue weighted by Crippen LogP contribution is -2.23. The summed E-state index contributed by atoms with van der Waals surface area (Å²) in [5.74, 6) is -0.130. The molecule has 0 spiro atoms. The molecule has 0 aromatic carbocycles. The Balaban J connectivity index is 2.76. The summed E-state index contributed by atoms with van der Waals surface area (Å²) in [4.78, 5) is 15.3. The summed E-state index contributed by atoms with van der Waals surface area (Å²) in [5, 5.41) is 2.67. The van der Waals surface area contributed by atoms with Gasteiger partial charge in [0.25, 0.3) is 5.91 Å². The third-order valence-electron chi connectivity index (χ3n) is 1.42. The summed E-state index contributed by atoms with van der Waals surface area (Å²) in [6, 6.07) is 1.66. The Labute approximate surface area is 85.0 Å². The zero-order valence-corrected chi connectivity index (χ0v) is 8.54. The highest BCUT2D eigenvalue weighted by atomic mass is 79.9. The Hall–Kier alpha value is -1.16. The van der Waals surface area contributed by atoms with E-state index < -0.39 is 0 Å². The molecule has 1 N–H and O–H groups in total. The minimum Gasteiger partial charge on any atom is -0.349 e. The first kappa shape index (κ1) is 9.92. The second-order valence-electron chi connectivity index (χ2n) is 2.35. The zero-order chi connectivity index (χ0) is 9.68. The summed E-state index contributed by atoms with van der Waals surface area (Å²) in [6.45, 7) is 3.98. The number of amides is 1. The summed E-state index contributed by atoms with van der Waals surface area (Å²) in [7, 11) is 0. The van der Waals surface area contributed by atoms with E-state index in [2.05, 4.69) is 32.8 Å². The van der Waals surface area contributed by atoms with E-state index in [0.29, 0.717) is 16.6 Å². The van der Waals surface area contributed by atoms with Crippen molar-refractivity contribution in [1.82, 2.24) is 10.3 Å². The molecule has 1 heterocycles. The standard InChI is InChI=1S/C9H9BrN2O/c1-2-4-12-9(13)7-3-5-11-6-8(7)10/h2-3,5-6H,1,4H2,(H,12,13). The first-order chi connectivity index (χ1) is 6.25. The summed E-state index contributed by atoms with van der Waals surface area (Å²) in [5.41, 5.74) is 0.580. The lowest BCUT2D eigenvalue weighted by Gasteiger charge is -2.02. The molecule has 0 saturated carbocycles. The predicted molar refractivity (Wildman–Crippen MR) is 54.5 cm³/mol. The van der Waals surface area contributed by atoms with Gasteiger partial charge in [0, 0.05) is 23.4 Å². The van der Waals surface area contributed by atoms with Crippen LogP contribution >= 0.6 is 15.9 Å². The maximum Gasteiger partial charge on any atom is 0.252 e. The quantitative estimate of drug-likeness (QED) is 0.819. The van der Waals surface area contributed by atoms with Gasteiger partial charge >= 0.3 is 0 Å². The van der Waals surface area contributed by atoms with Crippen LogP contribution < -0.4 is 5.32 Å². The van der Waals surface area contributed by atoms with Gasteiger partial charge in [-0.05, 0) is 22.0 Å². The fourth-order valence-corrected chi connectivity index (χ4v) is 1.25. The van der Waals surface area contributed by atoms with Crippen LogP contribution in [0.5, 0.6) is 0 Å². The van der Waals surface area contributed by atoms with Crippen LogP contribution in [-0.2, 0) is 0 Å². The summed E-state index contributed by atoms with van der Waals surface area (Å²) in [6.07, 6.45) is 4.80. The third kappa shape index (κ3) is 2.66. The number of carbonyl (C=O) groups excluding carboxylic acids is 1. The molecule has 1 aromatic rings. The minimum absolute atomic E-state index is 0.130. The van der Waals surface area contributed by atoms with Gasteiger partial charge in [-0.1, -0.05) is 6.08 Å². The van der Waals surface area contributed by atoms with E-state index in [-0.39, 0.29) is 5.91 Å². The molecule has 1 aromatic heterocycles. The second kappa shape index (κ2) is 4.77. The number of rotatable bonds is 3. The van der Waals surface area contributed by atoms with Crippen LogP contribution in [-0.4, -0.2) is 17.4 Å². The van der Waals surface area contributed by atoms with E-state index in [1.165, 1.54) is 0 Å². The van der Waals surface area contributed by atoms with Crippen LogP contribution in [0.15, 0.2) is 35.6 Å². The van der Waals surface area contributed by atoms with Crippen molar-refractivity contribution in [1.29, 1.82) is 0 Å². The topological polar surface area (TPSA) is 42.0 Å². The van der Waals surface area contributed by atoms with Gasteiger partial charge in [0.15, 0.2) is 0 Å². The molecule has 4 heteroatoms. The lowest BCUT2D eigenvalue weighted by atomic mass is 10.2. The van der Waals surface area contributed by atoms with Gasteiger partial charge in [0.1, 0.15) is 0 Å². The average molecular weight is 241 g/mol. The van der Waals surface area contributed by atoms with Crippen molar-refractivity contribution in [3.05, 3.63) is 41.2 Å². The van der Waals surface area contributed by atoms with Crippen LogP contribution in [0, 0.1) is 0 Å². The van der Waals surface area contributed by atoms with Crippen LogP contribution in [0.2, 0.25) is 0 Å². The van der Waals surface area contributed by atoms with Crippen molar-refractivity contribution in [2.75, 3.05) is 6.54 Å². The minimum atomic E-state index is -0.130. The van der Waals surface area contributed by atoms with Crippen molar-refractivity contribution in [2.24, 2.45) is 0 Å². The Morgan fingerprint density at radius 2 is 2.54 bits per heavy atom. The molecule has 0 fully saturated rings. The fraction of sp³-hybridized carbons (Fsp3) is 0.111. The number of halogens is 1. The predicted octanol–water partition coefficient (Wildman–Crippen LogP) is 1.76. The zero-order valence-electron chi connectivity index (χ0n) is 6.96. The van der Waals surface area contributed by atoms with E-state index in [9.17, 15) is 4.79 Å². The Morgan fingerprint density at radius 1 is 1.77 bits per heavy atom. The van der Waals surface area contributed by atoms with Gasteiger partial charge in [-0.2, -0.15) is 0 Å². The second-order valence-corrected chi connectivity index (χ2v) is 3.21. The highest BCUT2D eigenvalue weighted by Gasteiger charge is 2.07. The summed E-state index contributed by atoms with van der Waals surface area (Å²) >= 11 is 3.24. The lowest BCUT2D eigenvalue weighted by molar-refractivity contribution is 0.0957. The number of nitrogens with one attached hydrogen (secondary N) is 1. The molecular formula is C9H9BrN2O. The molecule has 13 heavy (non-hydrogen) atoms. The average Bonchev–Trinajstić information content (AvgIpc) is 2.15. The van der Waals surface area contributed by atoms with Gasteiger partial charge in [-0.15, -0.1) is 6.58 Å². The van der Waals surface area contributed by atoms with Crippen molar-refractivity contribution < 1.29 is 4.79 Å². The highest BCUT2D eigenvalue weighted by Crippen LogP contribution is 2.13. The van der Waals surface area contributed by atoms with Crippen LogP contribution in [0.3, 0.4) is 0 Å². The number of aromatic nitrogens is 1. The first-order valence-corrected chi connectivity index (χ1v) is 4.53. The molecule has 0 saturated heterocycles. The summed E-state index contributed by atoms with van der Waals surface area (Å²) < 4.78 is 0.691. The van der Waals surface area contributed by atoms with Gasteiger partial charge in [0.05, 0.1) is 5.56 Å². The first-order valence-electron chi connectivity index (χ1n) is 3.74. The largest absolute Gasteiger partial charge is 0.349 e. The monoisotopic (exact) mass is 240 g/mol. The van der Waals surface area contributed by atoms with Crippen molar-refractivity contribution in [2.45, 2.75) is 0 Å². The van der Waals surface area contributed by atoms with Crippen LogP contribution in [0.1, 0.15) is 10.4 Å². The molecule has 1 amide bonds. The number of nitrogens with zero attached hydrogens (tertiary/aromatic N) is 1. The van der Waals surface area contributed by atoms with Gasteiger partial charge in [-0.25, -0.2) is 0 Å². The van der Waals surface area contributed by atoms with Gasteiger partial charge in [0.2, 0.25) is 0 Å². The van der Waals surface area contributed by atoms with E-state index in [1.807, 2.05) is 0 Å². The molecular weight excluding hydrogens is 232 g/mol. The van der Waals surface area contributed by atoms with E-state index in [1.54, 1.807) is 24.5 Å². The Bertz CT molecular complexity index is 325. The van der Waals surface area contributed by atoms with Crippen LogP contribution in [0.4, 0.5) is 0 Å². The maximum atomic E-state index is 11.4. The Morgan fingerprint density at radius 3 is 3.15 bits per heavy atom. The van der Waals surface area contributed by atoms with Gasteiger partial charge < -0.3 is 5.32 Å². The maximum absolute atomic E-state index is 11.4. The van der Waals surface area contributed by atoms with Crippen molar-refractivity contribution in [3.8, 4) is 0 Å². The molecule has 0 atom stereocenters. The number of hydrogen-bond donors (Lipinski definition) is 1. The number of carbonyl (C=O) groups is 1. The number of pyridine rings is 1. The third-order valence-corrected chi connectivity index (χ3v) is 2.06. The molecule has 0 aliphatic carbocycles. The molecule has 0 radical (unpaired) electrons. The van der Waals surface area contributed by atoms with Crippen molar-refractivity contribution in [3.63, 3.8) is 0 Å². The number of hydrogen-bond acceptors (Lipinski definition) is 2. The highest BCUT2D eigenvalue weighted by molar-refractivity contribution is 9.10. The van der Waals surface area contributed by atoms with Crippen LogP contribution in [0.25, 0.3) is 0 Å². The van der Waals surface area contributed by atoms with Crippen molar-refractivity contribution >= 4 is 21.8 Å². The molecule has 1 rings (SSSR count). The fourth-order valence-electron chi connectivity index (χ4n) is 0.819. The Kier molecular flexibility index (Phi) is 3.64. The molecule has 68 valence electrons. The molecule has 0 unspecified atom stereocenters. The molecule has 0 aliphatic heterocycles. The molecule has 0 aliphatic rings. The van der Waals surface area contributed by atoms with E-state index in [4.69, 9.17) is 0 Å². The smallest absolute Gasteiger partial charge is 0.252 e. The van der Waals surface area contributed by atoms with E-state index in [0.717, 1.165) is 0 Å². The SMILES string of the molecule is C=CCNC(=O)c1ccncc1Br. The normalized spacial score (nSPS) is 9.31. The molecule has 3 nitrogen and oxygen atoms in total. The molecule has 0 bridgehead atoms.